The van der Waals surface area contributed by atoms with Crippen molar-refractivity contribution in [2.45, 2.75) is 56.9 Å². The number of rotatable bonds is 5. The molecule has 18 heavy (non-hydrogen) atoms. The molecule has 0 heterocycles. The molecule has 2 fully saturated rings. The molecule has 0 aliphatic heterocycles. The van der Waals surface area contributed by atoms with Crippen molar-refractivity contribution >= 4 is 12.0 Å². The minimum atomic E-state index is -1.00. The minimum Gasteiger partial charge on any atom is -0.480 e. The van der Waals surface area contributed by atoms with E-state index in [0.717, 1.165) is 18.8 Å². The molecule has 2 aliphatic carbocycles. The SMILES string of the molecule is O=C(NCCC1CCCC1)NC1(C(=O)O)CCC1. The number of hydrogen-bond acceptors (Lipinski definition) is 2. The fraction of sp³-hybridized carbons (Fsp3) is 0.846. The van der Waals surface area contributed by atoms with Gasteiger partial charge < -0.3 is 15.7 Å². The first-order valence-corrected chi connectivity index (χ1v) is 6.92. The Hall–Kier alpha value is -1.26. The molecule has 2 amide bonds. The van der Waals surface area contributed by atoms with Gasteiger partial charge in [0.15, 0.2) is 0 Å². The van der Waals surface area contributed by atoms with Crippen molar-refractivity contribution in [1.82, 2.24) is 10.6 Å². The van der Waals surface area contributed by atoms with E-state index in [1.165, 1.54) is 25.7 Å². The van der Waals surface area contributed by atoms with E-state index < -0.39 is 11.5 Å². The molecule has 0 unspecified atom stereocenters. The van der Waals surface area contributed by atoms with Crippen molar-refractivity contribution in [2.24, 2.45) is 5.92 Å². The minimum absolute atomic E-state index is 0.338. The zero-order valence-corrected chi connectivity index (χ0v) is 10.7. The van der Waals surface area contributed by atoms with Crippen LogP contribution in [0, 0.1) is 5.92 Å². The Morgan fingerprint density at radius 3 is 2.33 bits per heavy atom. The molecule has 5 heteroatoms. The van der Waals surface area contributed by atoms with Gasteiger partial charge in [-0.3, -0.25) is 0 Å². The van der Waals surface area contributed by atoms with E-state index in [1.807, 2.05) is 0 Å². The fourth-order valence-electron chi connectivity index (χ4n) is 2.87. The summed E-state index contributed by atoms with van der Waals surface area (Å²) in [6, 6.07) is -0.338. The second-order valence-corrected chi connectivity index (χ2v) is 5.56. The first-order chi connectivity index (χ1) is 8.62. The lowest BCUT2D eigenvalue weighted by Gasteiger charge is -2.38. The molecule has 2 rings (SSSR count). The summed E-state index contributed by atoms with van der Waals surface area (Å²) in [5.74, 6) is -0.179. The molecule has 0 atom stereocenters. The Morgan fingerprint density at radius 1 is 1.17 bits per heavy atom. The molecular formula is C13H22N2O3. The second-order valence-electron chi connectivity index (χ2n) is 5.56. The van der Waals surface area contributed by atoms with E-state index in [2.05, 4.69) is 10.6 Å². The van der Waals surface area contributed by atoms with Gasteiger partial charge in [-0.15, -0.1) is 0 Å². The molecule has 2 aliphatic rings. The molecule has 0 saturated heterocycles. The van der Waals surface area contributed by atoms with Crippen molar-refractivity contribution in [2.75, 3.05) is 6.54 Å². The van der Waals surface area contributed by atoms with Crippen LogP contribution in [0.3, 0.4) is 0 Å². The Kier molecular flexibility index (Phi) is 4.09. The van der Waals surface area contributed by atoms with Crippen LogP contribution in [0.2, 0.25) is 0 Å². The molecule has 5 nitrogen and oxygen atoms in total. The third kappa shape index (κ3) is 2.94. The van der Waals surface area contributed by atoms with Crippen LogP contribution in [0.15, 0.2) is 0 Å². The molecule has 3 N–H and O–H groups in total. The molecule has 0 aromatic rings. The monoisotopic (exact) mass is 254 g/mol. The van der Waals surface area contributed by atoms with Gasteiger partial charge in [0, 0.05) is 6.54 Å². The van der Waals surface area contributed by atoms with Crippen LogP contribution in [0.1, 0.15) is 51.4 Å². The van der Waals surface area contributed by atoms with Gasteiger partial charge in [-0.25, -0.2) is 9.59 Å². The maximum absolute atomic E-state index is 11.6. The van der Waals surface area contributed by atoms with Crippen molar-refractivity contribution in [3.05, 3.63) is 0 Å². The Balaban J connectivity index is 1.66. The number of nitrogens with one attached hydrogen (secondary N) is 2. The van der Waals surface area contributed by atoms with Crippen LogP contribution in [0.4, 0.5) is 4.79 Å². The number of amides is 2. The van der Waals surface area contributed by atoms with Crippen LogP contribution in [-0.4, -0.2) is 29.2 Å². The van der Waals surface area contributed by atoms with Crippen LogP contribution in [0.25, 0.3) is 0 Å². The summed E-state index contributed by atoms with van der Waals surface area (Å²) in [5.41, 5.74) is -1.00. The Bertz CT molecular complexity index is 320. The van der Waals surface area contributed by atoms with Gasteiger partial charge in [0.1, 0.15) is 5.54 Å². The summed E-state index contributed by atoms with van der Waals surface area (Å²) in [6.07, 6.45) is 8.10. The van der Waals surface area contributed by atoms with E-state index >= 15 is 0 Å². The normalized spacial score (nSPS) is 22.2. The molecule has 2 saturated carbocycles. The summed E-state index contributed by atoms with van der Waals surface area (Å²) in [6.45, 7) is 0.645. The summed E-state index contributed by atoms with van der Waals surface area (Å²) < 4.78 is 0. The van der Waals surface area contributed by atoms with Gasteiger partial charge >= 0.3 is 12.0 Å². The lowest BCUT2D eigenvalue weighted by Crippen LogP contribution is -2.61. The highest BCUT2D eigenvalue weighted by Crippen LogP contribution is 2.32. The topological polar surface area (TPSA) is 78.4 Å². The van der Waals surface area contributed by atoms with E-state index in [4.69, 9.17) is 5.11 Å². The molecule has 0 aromatic carbocycles. The molecule has 0 spiro atoms. The number of carbonyl (C=O) groups excluding carboxylic acids is 1. The second kappa shape index (κ2) is 5.59. The maximum atomic E-state index is 11.6. The molecule has 0 aromatic heterocycles. The third-order valence-corrected chi connectivity index (χ3v) is 4.28. The number of aliphatic carboxylic acids is 1. The zero-order chi connectivity index (χ0) is 13.0. The third-order valence-electron chi connectivity index (χ3n) is 4.28. The van der Waals surface area contributed by atoms with Crippen LogP contribution >= 0.6 is 0 Å². The number of urea groups is 1. The van der Waals surface area contributed by atoms with Crippen molar-refractivity contribution in [3.8, 4) is 0 Å². The molecular weight excluding hydrogens is 232 g/mol. The summed E-state index contributed by atoms with van der Waals surface area (Å²) in [7, 11) is 0. The van der Waals surface area contributed by atoms with E-state index in [1.54, 1.807) is 0 Å². The summed E-state index contributed by atoms with van der Waals surface area (Å²) >= 11 is 0. The number of hydrogen-bond donors (Lipinski definition) is 3. The molecule has 0 radical (unpaired) electrons. The number of carbonyl (C=O) groups is 2. The van der Waals surface area contributed by atoms with E-state index in [-0.39, 0.29) is 6.03 Å². The van der Waals surface area contributed by atoms with Crippen LogP contribution in [-0.2, 0) is 4.79 Å². The van der Waals surface area contributed by atoms with Crippen molar-refractivity contribution in [3.63, 3.8) is 0 Å². The van der Waals surface area contributed by atoms with Gasteiger partial charge in [0.25, 0.3) is 0 Å². The summed E-state index contributed by atoms with van der Waals surface area (Å²) in [4.78, 5) is 22.7. The average Bonchev–Trinajstić information content (AvgIpc) is 2.76. The Morgan fingerprint density at radius 2 is 1.83 bits per heavy atom. The maximum Gasteiger partial charge on any atom is 0.329 e. The highest BCUT2D eigenvalue weighted by Gasteiger charge is 2.45. The quantitative estimate of drug-likeness (QED) is 0.701. The standard InChI is InChI=1S/C13H22N2O3/c16-11(17)13(7-3-8-13)15-12(18)14-9-6-10-4-1-2-5-10/h10H,1-9H2,(H,16,17)(H2,14,15,18). The van der Waals surface area contributed by atoms with Crippen molar-refractivity contribution < 1.29 is 14.7 Å². The lowest BCUT2D eigenvalue weighted by atomic mass is 9.77. The van der Waals surface area contributed by atoms with Gasteiger partial charge in [0.2, 0.25) is 0 Å². The van der Waals surface area contributed by atoms with Gasteiger partial charge in [-0.05, 0) is 31.6 Å². The zero-order valence-electron chi connectivity index (χ0n) is 10.7. The van der Waals surface area contributed by atoms with Gasteiger partial charge in [-0.1, -0.05) is 25.7 Å². The Labute approximate surface area is 107 Å². The predicted molar refractivity (Wildman–Crippen MR) is 67.3 cm³/mol. The predicted octanol–water partition coefficient (Wildman–Crippen LogP) is 1.87. The van der Waals surface area contributed by atoms with E-state index in [0.29, 0.717) is 19.4 Å². The summed E-state index contributed by atoms with van der Waals surface area (Å²) in [5, 5.41) is 14.5. The first kappa shape index (κ1) is 13.2. The highest BCUT2D eigenvalue weighted by molar-refractivity contribution is 5.87. The number of carboxylic acids is 1. The van der Waals surface area contributed by atoms with E-state index in [9.17, 15) is 9.59 Å². The van der Waals surface area contributed by atoms with Gasteiger partial charge in [-0.2, -0.15) is 0 Å². The fourth-order valence-corrected chi connectivity index (χ4v) is 2.87. The van der Waals surface area contributed by atoms with Gasteiger partial charge in [0.05, 0.1) is 0 Å². The number of carboxylic acid groups (broad SMARTS) is 1. The smallest absolute Gasteiger partial charge is 0.329 e. The van der Waals surface area contributed by atoms with Crippen molar-refractivity contribution in [1.29, 1.82) is 0 Å². The molecule has 102 valence electrons. The largest absolute Gasteiger partial charge is 0.480 e. The highest BCUT2D eigenvalue weighted by atomic mass is 16.4. The van der Waals surface area contributed by atoms with Crippen LogP contribution < -0.4 is 10.6 Å². The first-order valence-electron chi connectivity index (χ1n) is 6.92. The molecule has 0 bridgehead atoms. The lowest BCUT2D eigenvalue weighted by molar-refractivity contribution is -0.148. The average molecular weight is 254 g/mol. The van der Waals surface area contributed by atoms with Crippen LogP contribution in [0.5, 0.6) is 0 Å².